The summed E-state index contributed by atoms with van der Waals surface area (Å²) in [6.45, 7) is 1.94. The maximum Gasteiger partial charge on any atom is 0.303 e. The SMILES string of the molecule is CC(CCc1nc2cc(C(=O)N[C@H]3CCCc4ccccc43)ccc2nc1-c1ccccc1)CC(=O)O. The van der Waals surface area contributed by atoms with Gasteiger partial charge in [0.05, 0.1) is 28.5 Å². The van der Waals surface area contributed by atoms with Crippen molar-refractivity contribution in [3.63, 3.8) is 0 Å². The Bertz CT molecular complexity index is 1430. The summed E-state index contributed by atoms with van der Waals surface area (Å²) in [7, 11) is 0. The molecule has 2 N–H and O–H groups in total. The molecule has 1 unspecified atom stereocenters. The fourth-order valence-corrected chi connectivity index (χ4v) is 5.16. The minimum absolute atomic E-state index is 0.00553. The zero-order chi connectivity index (χ0) is 25.8. The number of aryl methyl sites for hydroxylation is 2. The van der Waals surface area contributed by atoms with Crippen LogP contribution in [0.4, 0.5) is 0 Å². The zero-order valence-electron chi connectivity index (χ0n) is 21.0. The number of nitrogens with one attached hydrogen (secondary N) is 1. The number of carbonyl (C=O) groups excluding carboxylic acids is 1. The van der Waals surface area contributed by atoms with Gasteiger partial charge < -0.3 is 10.4 Å². The Labute approximate surface area is 216 Å². The maximum atomic E-state index is 13.2. The molecule has 0 bridgehead atoms. The quantitative estimate of drug-likeness (QED) is 0.307. The van der Waals surface area contributed by atoms with Crippen molar-refractivity contribution < 1.29 is 14.7 Å². The Kier molecular flexibility index (Phi) is 7.26. The van der Waals surface area contributed by atoms with Crippen molar-refractivity contribution in [2.75, 3.05) is 0 Å². The van der Waals surface area contributed by atoms with E-state index in [2.05, 4.69) is 23.5 Å². The van der Waals surface area contributed by atoms with E-state index in [1.807, 2.05) is 61.5 Å². The van der Waals surface area contributed by atoms with E-state index >= 15 is 0 Å². The molecule has 1 aliphatic carbocycles. The summed E-state index contributed by atoms with van der Waals surface area (Å²) < 4.78 is 0. The monoisotopic (exact) mass is 493 g/mol. The Hall–Kier alpha value is -4.06. The van der Waals surface area contributed by atoms with Crippen LogP contribution in [0.1, 0.15) is 65.8 Å². The largest absolute Gasteiger partial charge is 0.481 e. The van der Waals surface area contributed by atoms with Crippen molar-refractivity contribution in [1.29, 1.82) is 0 Å². The Balaban J connectivity index is 1.44. The molecule has 6 nitrogen and oxygen atoms in total. The summed E-state index contributed by atoms with van der Waals surface area (Å²) in [5, 5.41) is 12.4. The molecular weight excluding hydrogens is 462 g/mol. The fourth-order valence-electron chi connectivity index (χ4n) is 5.16. The summed E-state index contributed by atoms with van der Waals surface area (Å²) in [6.07, 6.45) is 4.44. The second-order valence-electron chi connectivity index (χ2n) is 9.95. The number of hydrogen-bond donors (Lipinski definition) is 2. The third kappa shape index (κ3) is 5.69. The molecule has 1 aromatic heterocycles. The lowest BCUT2D eigenvalue weighted by molar-refractivity contribution is -0.138. The van der Waals surface area contributed by atoms with Crippen LogP contribution < -0.4 is 5.32 Å². The van der Waals surface area contributed by atoms with E-state index in [0.717, 1.165) is 41.7 Å². The van der Waals surface area contributed by atoms with Crippen molar-refractivity contribution in [2.24, 2.45) is 5.92 Å². The van der Waals surface area contributed by atoms with Crippen molar-refractivity contribution in [3.05, 3.63) is 95.2 Å². The lowest BCUT2D eigenvalue weighted by atomic mass is 9.87. The summed E-state index contributed by atoms with van der Waals surface area (Å²) in [4.78, 5) is 34.2. The Morgan fingerprint density at radius 2 is 1.78 bits per heavy atom. The summed E-state index contributed by atoms with van der Waals surface area (Å²) in [5.74, 6) is -0.889. The minimum Gasteiger partial charge on any atom is -0.481 e. The minimum atomic E-state index is -0.795. The number of rotatable bonds is 8. The zero-order valence-corrected chi connectivity index (χ0v) is 21.0. The normalized spacial score (nSPS) is 15.6. The van der Waals surface area contributed by atoms with E-state index in [1.165, 1.54) is 11.1 Å². The highest BCUT2D eigenvalue weighted by molar-refractivity contribution is 5.97. The van der Waals surface area contributed by atoms with E-state index in [0.29, 0.717) is 23.9 Å². The van der Waals surface area contributed by atoms with Gasteiger partial charge in [-0.2, -0.15) is 0 Å². The lowest BCUT2D eigenvalue weighted by Gasteiger charge is -2.26. The highest BCUT2D eigenvalue weighted by Gasteiger charge is 2.22. The van der Waals surface area contributed by atoms with Crippen LogP contribution in [0.25, 0.3) is 22.3 Å². The first-order chi connectivity index (χ1) is 18.0. The van der Waals surface area contributed by atoms with Crippen LogP contribution >= 0.6 is 0 Å². The molecule has 3 aromatic carbocycles. The van der Waals surface area contributed by atoms with E-state index in [-0.39, 0.29) is 24.3 Å². The average molecular weight is 494 g/mol. The predicted octanol–water partition coefficient (Wildman–Crippen LogP) is 6.15. The summed E-state index contributed by atoms with van der Waals surface area (Å²) >= 11 is 0. The van der Waals surface area contributed by atoms with Gasteiger partial charge in [0.2, 0.25) is 0 Å². The second kappa shape index (κ2) is 10.9. The molecule has 37 heavy (non-hydrogen) atoms. The smallest absolute Gasteiger partial charge is 0.303 e. The first-order valence-corrected chi connectivity index (χ1v) is 12.9. The number of amides is 1. The van der Waals surface area contributed by atoms with Crippen LogP contribution in [0.5, 0.6) is 0 Å². The molecule has 0 saturated heterocycles. The number of fused-ring (bicyclic) bond motifs is 2. The molecule has 0 fully saturated rings. The topological polar surface area (TPSA) is 92.2 Å². The molecule has 0 aliphatic heterocycles. The first-order valence-electron chi connectivity index (χ1n) is 12.9. The van der Waals surface area contributed by atoms with Gasteiger partial charge in [0.25, 0.3) is 5.91 Å². The Morgan fingerprint density at radius 3 is 2.59 bits per heavy atom. The van der Waals surface area contributed by atoms with Crippen LogP contribution in [0.3, 0.4) is 0 Å². The number of aromatic nitrogens is 2. The van der Waals surface area contributed by atoms with E-state index in [9.17, 15) is 9.59 Å². The van der Waals surface area contributed by atoms with Gasteiger partial charge in [-0.25, -0.2) is 9.97 Å². The van der Waals surface area contributed by atoms with Crippen LogP contribution in [-0.2, 0) is 17.6 Å². The van der Waals surface area contributed by atoms with Gasteiger partial charge in [0, 0.05) is 17.5 Å². The molecule has 0 spiro atoms. The lowest BCUT2D eigenvalue weighted by Crippen LogP contribution is -2.31. The fraction of sp³-hybridized carbons (Fsp3) is 0.290. The number of carboxylic acids is 1. The van der Waals surface area contributed by atoms with Crippen molar-refractivity contribution in [2.45, 2.75) is 51.5 Å². The van der Waals surface area contributed by atoms with Gasteiger partial charge in [-0.3, -0.25) is 9.59 Å². The molecule has 1 aliphatic rings. The van der Waals surface area contributed by atoms with Crippen LogP contribution in [0.15, 0.2) is 72.8 Å². The molecule has 5 rings (SSSR count). The molecule has 4 aromatic rings. The molecule has 0 radical (unpaired) electrons. The molecule has 0 saturated carbocycles. The summed E-state index contributed by atoms with van der Waals surface area (Å²) in [6, 6.07) is 23.7. The average Bonchev–Trinajstić information content (AvgIpc) is 2.91. The van der Waals surface area contributed by atoms with Gasteiger partial charge in [0.1, 0.15) is 0 Å². The van der Waals surface area contributed by atoms with E-state index in [1.54, 1.807) is 0 Å². The van der Waals surface area contributed by atoms with Crippen molar-refractivity contribution in [3.8, 4) is 11.3 Å². The van der Waals surface area contributed by atoms with E-state index < -0.39 is 5.97 Å². The van der Waals surface area contributed by atoms with Crippen LogP contribution in [0.2, 0.25) is 0 Å². The third-order valence-corrected chi connectivity index (χ3v) is 7.12. The van der Waals surface area contributed by atoms with Gasteiger partial charge in [-0.15, -0.1) is 0 Å². The summed E-state index contributed by atoms with van der Waals surface area (Å²) in [5.41, 5.74) is 7.03. The van der Waals surface area contributed by atoms with Gasteiger partial charge in [-0.1, -0.05) is 61.5 Å². The van der Waals surface area contributed by atoms with Gasteiger partial charge in [0.15, 0.2) is 0 Å². The number of aliphatic carboxylic acids is 1. The highest BCUT2D eigenvalue weighted by Crippen LogP contribution is 2.30. The molecule has 2 atom stereocenters. The molecule has 6 heteroatoms. The van der Waals surface area contributed by atoms with Crippen molar-refractivity contribution in [1.82, 2.24) is 15.3 Å². The number of carbonyl (C=O) groups is 2. The standard InChI is InChI=1S/C31H31N3O3/c1-20(18-29(35)36)14-16-27-30(22-9-3-2-4-10-22)33-26-17-15-23(19-28(26)32-27)31(37)34-25-13-7-11-21-8-5-6-12-24(21)25/h2-6,8-10,12,15,17,19-20,25H,7,11,13-14,16,18H2,1H3,(H,34,37)(H,35,36)/t20?,25-/m0/s1. The van der Waals surface area contributed by atoms with Crippen molar-refractivity contribution >= 4 is 22.9 Å². The third-order valence-electron chi connectivity index (χ3n) is 7.12. The number of nitrogens with zero attached hydrogens (tertiary/aromatic N) is 2. The molecule has 1 heterocycles. The number of benzene rings is 3. The highest BCUT2D eigenvalue weighted by atomic mass is 16.4. The maximum absolute atomic E-state index is 13.2. The molecule has 188 valence electrons. The van der Waals surface area contributed by atoms with Gasteiger partial charge in [-0.05, 0) is 67.3 Å². The second-order valence-corrected chi connectivity index (χ2v) is 9.95. The molecule has 1 amide bonds. The predicted molar refractivity (Wildman–Crippen MR) is 144 cm³/mol. The van der Waals surface area contributed by atoms with Crippen LogP contribution in [0, 0.1) is 5.92 Å². The van der Waals surface area contributed by atoms with Gasteiger partial charge >= 0.3 is 5.97 Å². The number of carboxylic acid groups (broad SMARTS) is 1. The molecular formula is C31H31N3O3. The van der Waals surface area contributed by atoms with E-state index in [4.69, 9.17) is 15.1 Å². The number of hydrogen-bond acceptors (Lipinski definition) is 4. The Morgan fingerprint density at radius 1 is 1.00 bits per heavy atom. The van der Waals surface area contributed by atoms with Crippen LogP contribution in [-0.4, -0.2) is 27.0 Å². The first kappa shape index (κ1) is 24.6.